The molecule has 0 saturated heterocycles. The Morgan fingerprint density at radius 3 is 2.30 bits per heavy atom. The topological polar surface area (TPSA) is 45.7 Å². The van der Waals surface area contributed by atoms with Crippen LogP contribution in [0.5, 0.6) is 5.75 Å². The molecule has 0 atom stereocenters. The standard InChI is InChI=1S/C24H16F3NO2/c25-24(26,27)20-9-5-4-8-19(20)23-13-11-18(30-23)15-28-21-14-17(10-12-22(21)29)16-6-2-1-3-7-16/h1-15,29H. The number of rotatable bonds is 4. The van der Waals surface area contributed by atoms with Gasteiger partial charge in [0.05, 0.1) is 11.8 Å². The molecule has 0 radical (unpaired) electrons. The minimum Gasteiger partial charge on any atom is -0.506 e. The van der Waals surface area contributed by atoms with Crippen molar-refractivity contribution >= 4 is 11.9 Å². The van der Waals surface area contributed by atoms with Crippen molar-refractivity contribution in [2.75, 3.05) is 0 Å². The van der Waals surface area contributed by atoms with Gasteiger partial charge >= 0.3 is 6.18 Å². The fraction of sp³-hybridized carbons (Fsp3) is 0.0417. The highest BCUT2D eigenvalue weighted by Crippen LogP contribution is 2.37. The summed E-state index contributed by atoms with van der Waals surface area (Å²) in [4.78, 5) is 4.25. The van der Waals surface area contributed by atoms with E-state index in [1.54, 1.807) is 18.2 Å². The van der Waals surface area contributed by atoms with Gasteiger partial charge in [0.25, 0.3) is 0 Å². The third kappa shape index (κ3) is 4.12. The molecule has 3 aromatic carbocycles. The number of benzene rings is 3. The zero-order chi connectivity index (χ0) is 21.1. The van der Waals surface area contributed by atoms with Crippen LogP contribution in [-0.4, -0.2) is 11.3 Å². The van der Waals surface area contributed by atoms with Crippen LogP contribution in [0.2, 0.25) is 0 Å². The van der Waals surface area contributed by atoms with Gasteiger partial charge in [-0.2, -0.15) is 13.2 Å². The predicted octanol–water partition coefficient (Wildman–Crippen LogP) is 7.09. The molecule has 1 heterocycles. The second-order valence-electron chi connectivity index (χ2n) is 6.57. The highest BCUT2D eigenvalue weighted by atomic mass is 19.4. The summed E-state index contributed by atoms with van der Waals surface area (Å²) in [7, 11) is 0. The Hall–Kier alpha value is -3.80. The lowest BCUT2D eigenvalue weighted by molar-refractivity contribution is -0.137. The van der Waals surface area contributed by atoms with Crippen LogP contribution >= 0.6 is 0 Å². The molecule has 4 aromatic rings. The minimum absolute atomic E-state index is 0.0138. The van der Waals surface area contributed by atoms with E-state index in [-0.39, 0.29) is 22.8 Å². The first kappa shape index (κ1) is 19.5. The fourth-order valence-electron chi connectivity index (χ4n) is 3.08. The first-order valence-electron chi connectivity index (χ1n) is 9.11. The molecule has 1 N–H and O–H groups in total. The summed E-state index contributed by atoms with van der Waals surface area (Å²) in [5.74, 6) is 0.346. The van der Waals surface area contributed by atoms with Crippen LogP contribution in [-0.2, 0) is 6.18 Å². The summed E-state index contributed by atoms with van der Waals surface area (Å²) in [6.07, 6.45) is -3.12. The van der Waals surface area contributed by atoms with Crippen LogP contribution in [0.25, 0.3) is 22.5 Å². The van der Waals surface area contributed by atoms with Crippen molar-refractivity contribution in [3.63, 3.8) is 0 Å². The Morgan fingerprint density at radius 2 is 1.53 bits per heavy atom. The van der Waals surface area contributed by atoms with Crippen molar-refractivity contribution in [2.45, 2.75) is 6.18 Å². The van der Waals surface area contributed by atoms with Crippen LogP contribution in [0.3, 0.4) is 0 Å². The molecule has 6 heteroatoms. The lowest BCUT2D eigenvalue weighted by Gasteiger charge is -2.10. The molecule has 0 amide bonds. The Balaban J connectivity index is 1.63. The molecular weight excluding hydrogens is 391 g/mol. The first-order valence-corrected chi connectivity index (χ1v) is 9.11. The molecular formula is C24H16F3NO2. The minimum atomic E-state index is -4.48. The van der Waals surface area contributed by atoms with E-state index in [1.165, 1.54) is 36.5 Å². The molecule has 1 aromatic heterocycles. The number of aromatic hydroxyl groups is 1. The van der Waals surface area contributed by atoms with E-state index in [4.69, 9.17) is 4.42 Å². The normalized spacial score (nSPS) is 11.8. The van der Waals surface area contributed by atoms with E-state index in [9.17, 15) is 18.3 Å². The maximum absolute atomic E-state index is 13.2. The van der Waals surface area contributed by atoms with Crippen LogP contribution in [0.15, 0.2) is 94.3 Å². The molecule has 3 nitrogen and oxygen atoms in total. The predicted molar refractivity (Wildman–Crippen MR) is 110 cm³/mol. The van der Waals surface area contributed by atoms with E-state index in [1.807, 2.05) is 30.3 Å². The number of phenolic OH excluding ortho intramolecular Hbond substituents is 1. The summed E-state index contributed by atoms with van der Waals surface area (Å²) in [5.41, 5.74) is 1.36. The van der Waals surface area contributed by atoms with Gasteiger partial charge in [-0.3, -0.25) is 0 Å². The second-order valence-corrected chi connectivity index (χ2v) is 6.57. The summed E-state index contributed by atoms with van der Waals surface area (Å²) < 4.78 is 45.3. The highest BCUT2D eigenvalue weighted by molar-refractivity contribution is 5.82. The molecule has 30 heavy (non-hydrogen) atoms. The maximum Gasteiger partial charge on any atom is 0.417 e. The average molecular weight is 407 g/mol. The monoisotopic (exact) mass is 407 g/mol. The quantitative estimate of drug-likeness (QED) is 0.367. The van der Waals surface area contributed by atoms with E-state index < -0.39 is 11.7 Å². The van der Waals surface area contributed by atoms with E-state index in [0.29, 0.717) is 5.69 Å². The van der Waals surface area contributed by atoms with Crippen molar-refractivity contribution in [1.29, 1.82) is 0 Å². The third-order valence-electron chi connectivity index (χ3n) is 4.54. The van der Waals surface area contributed by atoms with Crippen LogP contribution < -0.4 is 0 Å². The van der Waals surface area contributed by atoms with Gasteiger partial charge in [0.15, 0.2) is 0 Å². The summed E-state index contributed by atoms with van der Waals surface area (Å²) in [6, 6.07) is 22.9. The van der Waals surface area contributed by atoms with E-state index >= 15 is 0 Å². The smallest absolute Gasteiger partial charge is 0.417 e. The molecule has 0 fully saturated rings. The summed E-state index contributed by atoms with van der Waals surface area (Å²) >= 11 is 0. The average Bonchev–Trinajstić information content (AvgIpc) is 3.22. The lowest BCUT2D eigenvalue weighted by Crippen LogP contribution is -2.06. The van der Waals surface area contributed by atoms with Gasteiger partial charge in [-0.15, -0.1) is 0 Å². The largest absolute Gasteiger partial charge is 0.506 e. The third-order valence-corrected chi connectivity index (χ3v) is 4.54. The van der Waals surface area contributed by atoms with Crippen LogP contribution in [0, 0.1) is 0 Å². The highest BCUT2D eigenvalue weighted by Gasteiger charge is 2.34. The van der Waals surface area contributed by atoms with E-state index in [2.05, 4.69) is 4.99 Å². The van der Waals surface area contributed by atoms with Gasteiger partial charge in [0.2, 0.25) is 0 Å². The Kier molecular flexibility index (Phi) is 5.14. The zero-order valence-electron chi connectivity index (χ0n) is 15.6. The van der Waals surface area contributed by atoms with Crippen molar-refractivity contribution in [3.8, 4) is 28.2 Å². The number of alkyl halides is 3. The number of aliphatic imine (C=N–C) groups is 1. The van der Waals surface area contributed by atoms with Crippen molar-refractivity contribution in [2.24, 2.45) is 4.99 Å². The van der Waals surface area contributed by atoms with Gasteiger partial charge in [0.1, 0.15) is 23.0 Å². The molecule has 0 spiro atoms. The molecule has 0 aliphatic rings. The summed E-state index contributed by atoms with van der Waals surface area (Å²) in [5, 5.41) is 10.1. The fourth-order valence-corrected chi connectivity index (χ4v) is 3.08. The molecule has 150 valence electrons. The van der Waals surface area contributed by atoms with Gasteiger partial charge in [-0.1, -0.05) is 54.6 Å². The number of halogens is 3. The summed E-state index contributed by atoms with van der Waals surface area (Å²) in [6.45, 7) is 0. The van der Waals surface area contributed by atoms with Crippen LogP contribution in [0.4, 0.5) is 18.9 Å². The van der Waals surface area contributed by atoms with Crippen molar-refractivity contribution in [3.05, 3.63) is 96.3 Å². The Morgan fingerprint density at radius 1 is 0.800 bits per heavy atom. The molecule has 0 bridgehead atoms. The first-order chi connectivity index (χ1) is 14.4. The van der Waals surface area contributed by atoms with Crippen molar-refractivity contribution in [1.82, 2.24) is 0 Å². The number of nitrogens with zero attached hydrogens (tertiary/aromatic N) is 1. The van der Waals surface area contributed by atoms with E-state index in [0.717, 1.165) is 17.2 Å². The number of hydrogen-bond donors (Lipinski definition) is 1. The van der Waals surface area contributed by atoms with Gasteiger partial charge < -0.3 is 9.52 Å². The number of furan rings is 1. The number of hydrogen-bond acceptors (Lipinski definition) is 3. The zero-order valence-corrected chi connectivity index (χ0v) is 15.6. The molecule has 0 unspecified atom stereocenters. The molecule has 0 saturated carbocycles. The molecule has 4 rings (SSSR count). The maximum atomic E-state index is 13.2. The molecule has 0 aliphatic carbocycles. The van der Waals surface area contributed by atoms with Crippen LogP contribution in [0.1, 0.15) is 11.3 Å². The lowest BCUT2D eigenvalue weighted by atomic mass is 10.1. The number of phenols is 1. The Labute approximate surface area is 170 Å². The van der Waals surface area contributed by atoms with Crippen molar-refractivity contribution < 1.29 is 22.7 Å². The SMILES string of the molecule is Oc1ccc(-c2ccccc2)cc1N=Cc1ccc(-c2ccccc2C(F)(F)F)o1. The van der Waals surface area contributed by atoms with Gasteiger partial charge in [-0.25, -0.2) is 4.99 Å². The van der Waals surface area contributed by atoms with Gasteiger partial charge in [-0.05, 0) is 41.5 Å². The Bertz CT molecular complexity index is 1190. The second kappa shape index (κ2) is 7.91. The van der Waals surface area contributed by atoms with Gasteiger partial charge in [0, 0.05) is 5.56 Å². The molecule has 0 aliphatic heterocycles.